The highest BCUT2D eigenvalue weighted by Crippen LogP contribution is 2.25. The fourth-order valence-electron chi connectivity index (χ4n) is 3.30. The Morgan fingerprint density at radius 1 is 1.55 bits per heavy atom. The topological polar surface area (TPSA) is 71.2 Å². The number of aryl methyl sites for hydroxylation is 1. The number of nitrogens with zero attached hydrogens (tertiary/aromatic N) is 2. The molecule has 20 heavy (non-hydrogen) atoms. The fraction of sp³-hybridized carbons (Fsp3) is 0.714. The molecule has 0 bridgehead atoms. The van der Waals surface area contributed by atoms with Crippen molar-refractivity contribution in [1.29, 1.82) is 0 Å². The lowest BCUT2D eigenvalue weighted by Crippen LogP contribution is -2.53. The fourth-order valence-corrected chi connectivity index (χ4v) is 3.90. The van der Waals surface area contributed by atoms with E-state index in [9.17, 15) is 4.79 Å². The van der Waals surface area contributed by atoms with Gasteiger partial charge in [-0.1, -0.05) is 0 Å². The number of nitrogens with one attached hydrogen (secondary N) is 1. The number of fused-ring (bicyclic) bond motifs is 1. The van der Waals surface area contributed by atoms with Gasteiger partial charge in [0, 0.05) is 30.9 Å². The molecule has 2 atom stereocenters. The highest BCUT2D eigenvalue weighted by molar-refractivity contribution is 7.13. The van der Waals surface area contributed by atoms with Gasteiger partial charge in [-0.3, -0.25) is 4.79 Å². The van der Waals surface area contributed by atoms with Crippen LogP contribution in [0.5, 0.6) is 0 Å². The summed E-state index contributed by atoms with van der Waals surface area (Å²) in [4.78, 5) is 18.6. The SMILES string of the molecule is Nc1nc(CCC(=O)N2CC[C@@H]3NCCC[C@@H]3C2)cs1. The smallest absolute Gasteiger partial charge is 0.222 e. The first-order valence-electron chi connectivity index (χ1n) is 7.43. The number of piperidine rings is 2. The summed E-state index contributed by atoms with van der Waals surface area (Å²) in [7, 11) is 0. The van der Waals surface area contributed by atoms with Crippen molar-refractivity contribution in [2.75, 3.05) is 25.4 Å². The van der Waals surface area contributed by atoms with E-state index < -0.39 is 0 Å². The predicted molar refractivity (Wildman–Crippen MR) is 80.6 cm³/mol. The Kier molecular flexibility index (Phi) is 4.21. The van der Waals surface area contributed by atoms with Gasteiger partial charge in [0.15, 0.2) is 5.13 Å². The number of likely N-dealkylation sites (tertiary alicyclic amines) is 1. The minimum atomic E-state index is 0.264. The number of nitrogen functional groups attached to an aromatic ring is 1. The van der Waals surface area contributed by atoms with E-state index in [0.717, 1.165) is 31.7 Å². The van der Waals surface area contributed by atoms with Crippen LogP contribution < -0.4 is 11.1 Å². The summed E-state index contributed by atoms with van der Waals surface area (Å²) in [6, 6.07) is 0.631. The summed E-state index contributed by atoms with van der Waals surface area (Å²) in [5.41, 5.74) is 6.55. The largest absolute Gasteiger partial charge is 0.375 e. The Balaban J connectivity index is 1.50. The third-order valence-corrected chi connectivity index (χ3v) is 5.13. The van der Waals surface area contributed by atoms with Crippen LogP contribution in [0.4, 0.5) is 5.13 Å². The molecule has 2 aliphatic heterocycles. The average molecular weight is 294 g/mol. The van der Waals surface area contributed by atoms with Gasteiger partial charge in [0.1, 0.15) is 0 Å². The second kappa shape index (κ2) is 6.10. The Morgan fingerprint density at radius 3 is 3.25 bits per heavy atom. The molecule has 3 rings (SSSR count). The highest BCUT2D eigenvalue weighted by atomic mass is 32.1. The molecule has 0 aliphatic carbocycles. The van der Waals surface area contributed by atoms with Crippen molar-refractivity contribution in [1.82, 2.24) is 15.2 Å². The molecule has 6 heteroatoms. The van der Waals surface area contributed by atoms with Gasteiger partial charge in [0.05, 0.1) is 5.69 Å². The summed E-state index contributed by atoms with van der Waals surface area (Å²) in [6.07, 6.45) is 4.84. The number of amides is 1. The van der Waals surface area contributed by atoms with Gasteiger partial charge in [-0.15, -0.1) is 11.3 Å². The number of hydrogen-bond acceptors (Lipinski definition) is 5. The molecule has 1 aromatic heterocycles. The maximum Gasteiger partial charge on any atom is 0.222 e. The first kappa shape index (κ1) is 13.8. The molecule has 1 aromatic rings. The van der Waals surface area contributed by atoms with Gasteiger partial charge in [0.2, 0.25) is 5.91 Å². The molecule has 2 fully saturated rings. The molecule has 5 nitrogen and oxygen atoms in total. The summed E-state index contributed by atoms with van der Waals surface area (Å²) in [5.74, 6) is 0.914. The van der Waals surface area contributed by atoms with E-state index in [-0.39, 0.29) is 5.91 Å². The number of carbonyl (C=O) groups excluding carboxylic acids is 1. The van der Waals surface area contributed by atoms with Gasteiger partial charge < -0.3 is 16.0 Å². The Bertz CT molecular complexity index is 475. The summed E-state index contributed by atoms with van der Waals surface area (Å²) >= 11 is 1.44. The summed E-state index contributed by atoms with van der Waals surface area (Å²) in [5, 5.41) is 6.11. The van der Waals surface area contributed by atoms with Crippen LogP contribution in [-0.2, 0) is 11.2 Å². The van der Waals surface area contributed by atoms with E-state index >= 15 is 0 Å². The van der Waals surface area contributed by atoms with E-state index in [2.05, 4.69) is 10.3 Å². The number of anilines is 1. The Hall–Kier alpha value is -1.14. The monoisotopic (exact) mass is 294 g/mol. The van der Waals surface area contributed by atoms with Crippen molar-refractivity contribution in [3.05, 3.63) is 11.1 Å². The molecule has 0 spiro atoms. The van der Waals surface area contributed by atoms with Crippen LogP contribution in [0.25, 0.3) is 0 Å². The first-order chi connectivity index (χ1) is 9.72. The van der Waals surface area contributed by atoms with Gasteiger partial charge in [-0.2, -0.15) is 0 Å². The number of thiazole rings is 1. The van der Waals surface area contributed by atoms with Crippen molar-refractivity contribution in [3.63, 3.8) is 0 Å². The van der Waals surface area contributed by atoms with E-state index in [4.69, 9.17) is 5.73 Å². The maximum atomic E-state index is 12.3. The van der Waals surface area contributed by atoms with Crippen LogP contribution in [0, 0.1) is 5.92 Å². The van der Waals surface area contributed by atoms with Crippen molar-refractivity contribution < 1.29 is 4.79 Å². The lowest BCUT2D eigenvalue weighted by Gasteiger charge is -2.41. The predicted octanol–water partition coefficient (Wildman–Crippen LogP) is 1.26. The van der Waals surface area contributed by atoms with Crippen LogP contribution in [0.15, 0.2) is 5.38 Å². The van der Waals surface area contributed by atoms with E-state index in [1.54, 1.807) is 0 Å². The van der Waals surface area contributed by atoms with Crippen molar-refractivity contribution in [3.8, 4) is 0 Å². The van der Waals surface area contributed by atoms with Crippen molar-refractivity contribution >= 4 is 22.4 Å². The lowest BCUT2D eigenvalue weighted by molar-refractivity contribution is -0.133. The molecular formula is C14H22N4OS. The molecule has 1 amide bonds. The van der Waals surface area contributed by atoms with E-state index in [0.29, 0.717) is 29.9 Å². The average Bonchev–Trinajstić information content (AvgIpc) is 2.90. The Morgan fingerprint density at radius 2 is 2.45 bits per heavy atom. The zero-order valence-electron chi connectivity index (χ0n) is 11.7. The zero-order valence-corrected chi connectivity index (χ0v) is 12.5. The molecular weight excluding hydrogens is 272 g/mol. The summed E-state index contributed by atoms with van der Waals surface area (Å²) in [6.45, 7) is 2.96. The van der Waals surface area contributed by atoms with Crippen LogP contribution in [0.1, 0.15) is 31.4 Å². The number of nitrogens with two attached hydrogens (primary N) is 1. The molecule has 3 heterocycles. The molecule has 2 aliphatic rings. The summed E-state index contributed by atoms with van der Waals surface area (Å²) < 4.78 is 0. The minimum absolute atomic E-state index is 0.264. The molecule has 0 saturated carbocycles. The van der Waals surface area contributed by atoms with Gasteiger partial charge in [0.25, 0.3) is 0 Å². The number of hydrogen-bond donors (Lipinski definition) is 2. The molecule has 0 aromatic carbocycles. The second-order valence-corrected chi connectivity index (χ2v) is 6.66. The third kappa shape index (κ3) is 3.12. The molecule has 110 valence electrons. The van der Waals surface area contributed by atoms with Crippen LogP contribution in [0.3, 0.4) is 0 Å². The number of rotatable bonds is 3. The van der Waals surface area contributed by atoms with Gasteiger partial charge in [-0.05, 0) is 38.1 Å². The van der Waals surface area contributed by atoms with Crippen LogP contribution >= 0.6 is 11.3 Å². The quantitative estimate of drug-likeness (QED) is 0.880. The Labute approximate surface area is 123 Å². The highest BCUT2D eigenvalue weighted by Gasteiger charge is 2.32. The van der Waals surface area contributed by atoms with E-state index in [1.165, 1.54) is 24.2 Å². The third-order valence-electron chi connectivity index (χ3n) is 4.41. The molecule has 0 radical (unpaired) electrons. The first-order valence-corrected chi connectivity index (χ1v) is 8.31. The maximum absolute atomic E-state index is 12.3. The number of aromatic nitrogens is 1. The number of carbonyl (C=O) groups is 1. The normalized spacial score (nSPS) is 26.3. The van der Waals surface area contributed by atoms with Crippen LogP contribution in [-0.4, -0.2) is 41.5 Å². The molecule has 3 N–H and O–H groups in total. The van der Waals surface area contributed by atoms with Crippen molar-refractivity contribution in [2.24, 2.45) is 5.92 Å². The zero-order chi connectivity index (χ0) is 13.9. The molecule has 0 unspecified atom stereocenters. The van der Waals surface area contributed by atoms with Crippen molar-refractivity contribution in [2.45, 2.75) is 38.1 Å². The standard InChI is InChI=1S/C14H22N4OS/c15-14-17-11(9-20-14)3-4-13(19)18-7-5-12-10(8-18)2-1-6-16-12/h9-10,12,16H,1-8H2,(H2,15,17)/t10-,12+/m1/s1. The van der Waals surface area contributed by atoms with Crippen LogP contribution in [0.2, 0.25) is 0 Å². The molecule has 2 saturated heterocycles. The van der Waals surface area contributed by atoms with E-state index in [1.807, 2.05) is 10.3 Å². The van der Waals surface area contributed by atoms with Gasteiger partial charge in [-0.25, -0.2) is 4.98 Å². The lowest BCUT2D eigenvalue weighted by atomic mass is 9.85. The van der Waals surface area contributed by atoms with Gasteiger partial charge >= 0.3 is 0 Å². The second-order valence-electron chi connectivity index (χ2n) is 5.77. The minimum Gasteiger partial charge on any atom is -0.375 e.